The van der Waals surface area contributed by atoms with Crippen molar-refractivity contribution in [2.75, 3.05) is 12.4 Å². The second-order valence-corrected chi connectivity index (χ2v) is 5.84. The first-order chi connectivity index (χ1) is 7.48. The fourth-order valence-electron chi connectivity index (χ4n) is 2.17. The Labute approximate surface area is 100 Å². The minimum absolute atomic E-state index is 0.0319. The van der Waals surface area contributed by atoms with Crippen molar-refractivity contribution in [2.45, 2.75) is 51.3 Å². The molecule has 4 nitrogen and oxygen atoms in total. The highest BCUT2D eigenvalue weighted by Crippen LogP contribution is 2.36. The van der Waals surface area contributed by atoms with E-state index in [1.807, 2.05) is 13.8 Å². The van der Waals surface area contributed by atoms with Gasteiger partial charge < -0.3 is 14.2 Å². The Morgan fingerprint density at radius 2 is 2.19 bits per heavy atom. The second kappa shape index (κ2) is 4.64. The molecule has 2 heterocycles. The molecule has 2 fully saturated rings. The molecule has 0 bridgehead atoms. The summed E-state index contributed by atoms with van der Waals surface area (Å²) >= 11 is 1.29. The van der Waals surface area contributed by atoms with Gasteiger partial charge in [-0.25, -0.2) is 0 Å². The molecule has 0 aromatic carbocycles. The molecule has 0 aliphatic carbocycles. The standard InChI is InChI=1S/C11H18O4S/c1-7(12)16-6-9-10-8(4-5-13-9)14-11(2,3)15-10/h8-10H,4-6H2,1-3H3/t8?,9-,10?/m1/s1. The van der Waals surface area contributed by atoms with Crippen LogP contribution in [-0.2, 0) is 19.0 Å². The summed E-state index contributed by atoms with van der Waals surface area (Å²) in [6.07, 6.45) is 0.918. The normalized spacial score (nSPS) is 37.1. The van der Waals surface area contributed by atoms with E-state index in [0.29, 0.717) is 12.4 Å². The van der Waals surface area contributed by atoms with E-state index in [0.717, 1.165) is 6.42 Å². The maximum absolute atomic E-state index is 10.9. The van der Waals surface area contributed by atoms with Crippen molar-refractivity contribution in [1.82, 2.24) is 0 Å². The summed E-state index contributed by atoms with van der Waals surface area (Å²) < 4.78 is 17.3. The van der Waals surface area contributed by atoms with E-state index in [2.05, 4.69) is 0 Å². The molecule has 2 aliphatic rings. The Balaban J connectivity index is 1.96. The van der Waals surface area contributed by atoms with Crippen LogP contribution in [0.15, 0.2) is 0 Å². The number of rotatable bonds is 2. The highest BCUT2D eigenvalue weighted by Gasteiger charge is 2.47. The molecule has 0 amide bonds. The molecule has 5 heteroatoms. The molecule has 0 aromatic heterocycles. The van der Waals surface area contributed by atoms with Gasteiger partial charge in [0.1, 0.15) is 6.10 Å². The number of hydrogen-bond acceptors (Lipinski definition) is 5. The van der Waals surface area contributed by atoms with E-state index in [9.17, 15) is 4.79 Å². The molecule has 3 atom stereocenters. The van der Waals surface area contributed by atoms with E-state index in [4.69, 9.17) is 14.2 Å². The van der Waals surface area contributed by atoms with Crippen molar-refractivity contribution in [3.63, 3.8) is 0 Å². The maximum atomic E-state index is 10.9. The molecule has 2 saturated heterocycles. The molecular weight excluding hydrogens is 228 g/mol. The van der Waals surface area contributed by atoms with Crippen molar-refractivity contribution in [1.29, 1.82) is 0 Å². The number of carbonyl (C=O) groups excluding carboxylic acids is 1. The number of carbonyl (C=O) groups is 1. The second-order valence-electron chi connectivity index (χ2n) is 4.64. The first kappa shape index (κ1) is 12.4. The van der Waals surface area contributed by atoms with Crippen LogP contribution in [0.4, 0.5) is 0 Å². The van der Waals surface area contributed by atoms with Gasteiger partial charge in [0, 0.05) is 19.3 Å². The third-order valence-corrected chi connectivity index (χ3v) is 3.67. The summed E-state index contributed by atoms with van der Waals surface area (Å²) in [6.45, 7) is 6.09. The summed E-state index contributed by atoms with van der Waals surface area (Å²) in [6, 6.07) is 0. The summed E-state index contributed by atoms with van der Waals surface area (Å²) in [5.74, 6) is 0.123. The van der Waals surface area contributed by atoms with Crippen LogP contribution in [0, 0.1) is 0 Å². The zero-order valence-electron chi connectivity index (χ0n) is 9.89. The predicted octanol–water partition coefficient (Wildman–Crippen LogP) is 1.58. The van der Waals surface area contributed by atoms with E-state index < -0.39 is 5.79 Å². The first-order valence-corrected chi connectivity index (χ1v) is 6.57. The lowest BCUT2D eigenvalue weighted by Gasteiger charge is -2.30. The highest BCUT2D eigenvalue weighted by molar-refractivity contribution is 8.13. The molecule has 2 aliphatic heterocycles. The SMILES string of the molecule is CC(=O)SC[C@H]1OCCC2OC(C)(C)OC21. The minimum atomic E-state index is -0.526. The fraction of sp³-hybridized carbons (Fsp3) is 0.909. The van der Waals surface area contributed by atoms with Crippen molar-refractivity contribution in [3.05, 3.63) is 0 Å². The summed E-state index contributed by atoms with van der Waals surface area (Å²) in [5.41, 5.74) is 0. The van der Waals surface area contributed by atoms with E-state index >= 15 is 0 Å². The van der Waals surface area contributed by atoms with Crippen LogP contribution >= 0.6 is 11.8 Å². The average Bonchev–Trinajstić information content (AvgIpc) is 2.48. The minimum Gasteiger partial charge on any atom is -0.374 e. The van der Waals surface area contributed by atoms with Crippen LogP contribution in [0.3, 0.4) is 0 Å². The van der Waals surface area contributed by atoms with Gasteiger partial charge in [-0.1, -0.05) is 11.8 Å². The summed E-state index contributed by atoms with van der Waals surface area (Å²) in [4.78, 5) is 10.9. The molecule has 92 valence electrons. The van der Waals surface area contributed by atoms with Gasteiger partial charge in [-0.3, -0.25) is 4.79 Å². The largest absolute Gasteiger partial charge is 0.374 e. The quantitative estimate of drug-likeness (QED) is 0.740. The van der Waals surface area contributed by atoms with Crippen molar-refractivity contribution >= 4 is 16.9 Å². The molecule has 0 saturated carbocycles. The summed E-state index contributed by atoms with van der Waals surface area (Å²) in [7, 11) is 0. The van der Waals surface area contributed by atoms with Gasteiger partial charge >= 0.3 is 0 Å². The molecular formula is C11H18O4S. The zero-order chi connectivity index (χ0) is 11.8. The smallest absolute Gasteiger partial charge is 0.185 e. The van der Waals surface area contributed by atoms with Crippen molar-refractivity contribution in [2.24, 2.45) is 0 Å². The van der Waals surface area contributed by atoms with Crippen molar-refractivity contribution in [3.8, 4) is 0 Å². The number of hydrogen-bond donors (Lipinski definition) is 0. The van der Waals surface area contributed by atoms with Crippen LogP contribution in [0.1, 0.15) is 27.2 Å². The maximum Gasteiger partial charge on any atom is 0.185 e. The Morgan fingerprint density at radius 1 is 1.44 bits per heavy atom. The third-order valence-electron chi connectivity index (χ3n) is 2.77. The lowest BCUT2D eigenvalue weighted by Crippen LogP contribution is -2.44. The molecule has 0 spiro atoms. The highest BCUT2D eigenvalue weighted by atomic mass is 32.2. The average molecular weight is 246 g/mol. The Bertz CT molecular complexity index is 279. The molecule has 2 unspecified atom stereocenters. The van der Waals surface area contributed by atoms with Crippen LogP contribution < -0.4 is 0 Å². The Kier molecular flexibility index (Phi) is 3.59. The Hall–Kier alpha value is -0.100. The van der Waals surface area contributed by atoms with E-state index in [-0.39, 0.29) is 23.4 Å². The van der Waals surface area contributed by atoms with Crippen LogP contribution in [0.5, 0.6) is 0 Å². The van der Waals surface area contributed by atoms with E-state index in [1.165, 1.54) is 11.8 Å². The monoisotopic (exact) mass is 246 g/mol. The summed E-state index contributed by atoms with van der Waals surface area (Å²) in [5, 5.41) is 0.115. The molecule has 16 heavy (non-hydrogen) atoms. The molecule has 0 N–H and O–H groups in total. The topological polar surface area (TPSA) is 44.8 Å². The molecule has 2 rings (SSSR count). The van der Waals surface area contributed by atoms with E-state index in [1.54, 1.807) is 6.92 Å². The van der Waals surface area contributed by atoms with Gasteiger partial charge in [-0.05, 0) is 20.3 Å². The van der Waals surface area contributed by atoms with Crippen LogP contribution in [-0.4, -0.2) is 41.6 Å². The predicted molar refractivity (Wildman–Crippen MR) is 61.3 cm³/mol. The van der Waals surface area contributed by atoms with Crippen molar-refractivity contribution < 1.29 is 19.0 Å². The van der Waals surface area contributed by atoms with Gasteiger partial charge in [0.05, 0.1) is 12.2 Å². The third kappa shape index (κ3) is 2.77. The van der Waals surface area contributed by atoms with Gasteiger partial charge in [-0.15, -0.1) is 0 Å². The van der Waals surface area contributed by atoms with Crippen LogP contribution in [0.25, 0.3) is 0 Å². The lowest BCUT2D eigenvalue weighted by atomic mass is 10.0. The Morgan fingerprint density at radius 3 is 2.88 bits per heavy atom. The number of fused-ring (bicyclic) bond motifs is 1. The molecule has 0 radical (unpaired) electrons. The first-order valence-electron chi connectivity index (χ1n) is 5.58. The van der Waals surface area contributed by atoms with Gasteiger partial charge in [-0.2, -0.15) is 0 Å². The van der Waals surface area contributed by atoms with Gasteiger partial charge in [0.15, 0.2) is 10.9 Å². The van der Waals surface area contributed by atoms with Gasteiger partial charge in [0.25, 0.3) is 0 Å². The lowest BCUT2D eigenvalue weighted by molar-refractivity contribution is -0.151. The fourth-order valence-corrected chi connectivity index (χ4v) is 2.86. The molecule has 0 aromatic rings. The van der Waals surface area contributed by atoms with Gasteiger partial charge in [0.2, 0.25) is 0 Å². The zero-order valence-corrected chi connectivity index (χ0v) is 10.7. The van der Waals surface area contributed by atoms with Crippen LogP contribution in [0.2, 0.25) is 0 Å². The number of thioether (sulfide) groups is 1. The number of ether oxygens (including phenoxy) is 3.